The molecule has 0 radical (unpaired) electrons. The second-order valence-electron chi connectivity index (χ2n) is 4.25. The molecule has 0 bridgehead atoms. The maximum Gasteiger partial charge on any atom is 0.231 e. The van der Waals surface area contributed by atoms with E-state index in [2.05, 4.69) is 15.5 Å². The molecule has 7 heteroatoms. The average Bonchev–Trinajstić information content (AvgIpc) is 2.62. The van der Waals surface area contributed by atoms with Crippen molar-refractivity contribution >= 4 is 9.84 Å². The van der Waals surface area contributed by atoms with E-state index >= 15 is 0 Å². The lowest BCUT2D eigenvalue weighted by atomic mass is 10.0. The molecule has 17 heavy (non-hydrogen) atoms. The van der Waals surface area contributed by atoms with Crippen LogP contribution in [0.3, 0.4) is 0 Å². The van der Waals surface area contributed by atoms with Crippen LogP contribution in [0, 0.1) is 0 Å². The summed E-state index contributed by atoms with van der Waals surface area (Å²) in [7, 11) is -3.12. The lowest BCUT2D eigenvalue weighted by Crippen LogP contribution is -2.30. The van der Waals surface area contributed by atoms with E-state index in [4.69, 9.17) is 4.52 Å². The predicted octanol–water partition coefficient (Wildman–Crippen LogP) is 0.716. The van der Waals surface area contributed by atoms with Crippen LogP contribution in [-0.2, 0) is 15.6 Å². The number of rotatable bonds is 6. The van der Waals surface area contributed by atoms with Crippen molar-refractivity contribution in [3.05, 3.63) is 11.7 Å². The zero-order valence-electron chi connectivity index (χ0n) is 10.6. The van der Waals surface area contributed by atoms with Crippen molar-refractivity contribution in [1.29, 1.82) is 0 Å². The van der Waals surface area contributed by atoms with Gasteiger partial charge in [0.05, 0.1) is 5.92 Å². The van der Waals surface area contributed by atoms with Gasteiger partial charge in [0.1, 0.15) is 5.75 Å². The lowest BCUT2D eigenvalue weighted by molar-refractivity contribution is 0.330. The van der Waals surface area contributed by atoms with E-state index in [-0.39, 0.29) is 23.5 Å². The monoisotopic (exact) mass is 261 g/mol. The molecule has 1 rings (SSSR count). The van der Waals surface area contributed by atoms with Gasteiger partial charge in [-0.25, -0.2) is 8.42 Å². The molecule has 1 aromatic rings. The highest BCUT2D eigenvalue weighted by Crippen LogP contribution is 2.17. The Morgan fingerprint density at radius 3 is 2.59 bits per heavy atom. The van der Waals surface area contributed by atoms with Crippen LogP contribution in [0.1, 0.15) is 38.4 Å². The molecule has 0 aliphatic heterocycles. The molecule has 2 atom stereocenters. The van der Waals surface area contributed by atoms with Crippen molar-refractivity contribution in [2.24, 2.45) is 0 Å². The summed E-state index contributed by atoms with van der Waals surface area (Å²) >= 11 is 0. The van der Waals surface area contributed by atoms with Crippen LogP contribution >= 0.6 is 0 Å². The molecule has 0 aliphatic carbocycles. The van der Waals surface area contributed by atoms with E-state index in [1.807, 2.05) is 20.8 Å². The van der Waals surface area contributed by atoms with Gasteiger partial charge in [-0.1, -0.05) is 19.0 Å². The minimum atomic E-state index is -3.12. The number of aromatic nitrogens is 2. The van der Waals surface area contributed by atoms with Crippen molar-refractivity contribution < 1.29 is 12.9 Å². The Balaban J connectivity index is 2.74. The first-order chi connectivity index (χ1) is 7.83. The summed E-state index contributed by atoms with van der Waals surface area (Å²) in [5, 5.41) is 6.93. The van der Waals surface area contributed by atoms with Crippen LogP contribution in [0.4, 0.5) is 0 Å². The van der Waals surface area contributed by atoms with E-state index in [1.165, 1.54) is 0 Å². The molecule has 0 saturated heterocycles. The van der Waals surface area contributed by atoms with Gasteiger partial charge in [0.25, 0.3) is 0 Å². The largest absolute Gasteiger partial charge is 0.339 e. The van der Waals surface area contributed by atoms with Crippen LogP contribution in [0.2, 0.25) is 0 Å². The van der Waals surface area contributed by atoms with Crippen molar-refractivity contribution in [3.8, 4) is 0 Å². The molecule has 0 saturated carbocycles. The van der Waals surface area contributed by atoms with Crippen molar-refractivity contribution in [1.82, 2.24) is 15.5 Å². The molecule has 0 fully saturated rings. The molecule has 98 valence electrons. The van der Waals surface area contributed by atoms with Gasteiger partial charge in [-0.05, 0) is 13.5 Å². The summed E-state index contributed by atoms with van der Waals surface area (Å²) in [5.41, 5.74) is 0. The fourth-order valence-electron chi connectivity index (χ4n) is 1.46. The van der Waals surface area contributed by atoms with Gasteiger partial charge in [0.2, 0.25) is 5.89 Å². The molecule has 2 unspecified atom stereocenters. The van der Waals surface area contributed by atoms with E-state index in [1.54, 1.807) is 0 Å². The Bertz CT molecular complexity index is 455. The summed E-state index contributed by atoms with van der Waals surface area (Å²) < 4.78 is 27.2. The summed E-state index contributed by atoms with van der Waals surface area (Å²) in [6.45, 7) is 6.86. The second kappa shape index (κ2) is 5.59. The van der Waals surface area contributed by atoms with E-state index in [9.17, 15) is 8.42 Å². The average molecular weight is 261 g/mol. The number of sulfone groups is 1. The Morgan fingerprint density at radius 2 is 2.06 bits per heavy atom. The SMILES string of the molecule is CCNC(C)C(C)c1nc(CS(C)(=O)=O)no1. The summed E-state index contributed by atoms with van der Waals surface area (Å²) in [6.07, 6.45) is 1.15. The Kier molecular flexibility index (Phi) is 4.64. The number of nitrogens with zero attached hydrogens (tertiary/aromatic N) is 2. The fourth-order valence-corrected chi connectivity index (χ4v) is 2.04. The third-order valence-electron chi connectivity index (χ3n) is 2.54. The van der Waals surface area contributed by atoms with Gasteiger partial charge in [0, 0.05) is 12.3 Å². The Morgan fingerprint density at radius 1 is 1.41 bits per heavy atom. The van der Waals surface area contributed by atoms with Gasteiger partial charge < -0.3 is 9.84 Å². The lowest BCUT2D eigenvalue weighted by Gasteiger charge is -2.16. The van der Waals surface area contributed by atoms with Crippen molar-refractivity contribution in [2.45, 2.75) is 38.5 Å². The minimum Gasteiger partial charge on any atom is -0.339 e. The molecular weight excluding hydrogens is 242 g/mol. The Hall–Kier alpha value is -0.950. The summed E-state index contributed by atoms with van der Waals surface area (Å²) in [6, 6.07) is 0.200. The first kappa shape index (κ1) is 14.1. The van der Waals surface area contributed by atoms with E-state index < -0.39 is 9.84 Å². The zero-order valence-corrected chi connectivity index (χ0v) is 11.4. The molecular formula is C10H19N3O3S. The molecule has 6 nitrogen and oxygen atoms in total. The zero-order chi connectivity index (χ0) is 13.1. The van der Waals surface area contributed by atoms with Crippen LogP contribution in [0.25, 0.3) is 0 Å². The predicted molar refractivity (Wildman–Crippen MR) is 64.4 cm³/mol. The topological polar surface area (TPSA) is 85.1 Å². The second-order valence-corrected chi connectivity index (χ2v) is 6.39. The number of likely N-dealkylation sites (N-methyl/N-ethyl adjacent to an activating group) is 1. The maximum atomic E-state index is 11.1. The molecule has 0 spiro atoms. The quantitative estimate of drug-likeness (QED) is 0.812. The smallest absolute Gasteiger partial charge is 0.231 e. The molecule has 0 aromatic carbocycles. The standard InChI is InChI=1S/C10H19N3O3S/c1-5-11-8(3)7(2)10-12-9(13-16-10)6-17(4,14)15/h7-8,11H,5-6H2,1-4H3. The molecule has 1 aromatic heterocycles. The van der Waals surface area contributed by atoms with Crippen LogP contribution < -0.4 is 5.32 Å². The highest BCUT2D eigenvalue weighted by molar-refractivity contribution is 7.89. The number of nitrogens with one attached hydrogen (secondary N) is 1. The van der Waals surface area contributed by atoms with Gasteiger partial charge in [-0.15, -0.1) is 0 Å². The fraction of sp³-hybridized carbons (Fsp3) is 0.800. The molecule has 1 N–H and O–H groups in total. The third-order valence-corrected chi connectivity index (χ3v) is 3.32. The van der Waals surface area contributed by atoms with Gasteiger partial charge in [-0.3, -0.25) is 0 Å². The van der Waals surface area contributed by atoms with Gasteiger partial charge in [-0.2, -0.15) is 4.98 Å². The van der Waals surface area contributed by atoms with Crippen LogP contribution in [0.15, 0.2) is 4.52 Å². The van der Waals surface area contributed by atoms with Crippen LogP contribution in [0.5, 0.6) is 0 Å². The van der Waals surface area contributed by atoms with E-state index in [0.717, 1.165) is 12.8 Å². The summed E-state index contributed by atoms with van der Waals surface area (Å²) in [5.74, 6) is 0.560. The van der Waals surface area contributed by atoms with Crippen LogP contribution in [-0.4, -0.2) is 37.4 Å². The highest BCUT2D eigenvalue weighted by atomic mass is 32.2. The minimum absolute atomic E-state index is 0.0516. The van der Waals surface area contributed by atoms with Gasteiger partial charge in [0.15, 0.2) is 15.7 Å². The molecule has 1 heterocycles. The normalized spacial score (nSPS) is 15.8. The maximum absolute atomic E-state index is 11.1. The number of hydrogen-bond acceptors (Lipinski definition) is 6. The van der Waals surface area contributed by atoms with Crippen molar-refractivity contribution in [2.75, 3.05) is 12.8 Å². The highest BCUT2D eigenvalue weighted by Gasteiger charge is 2.21. The Labute approximate surface area is 102 Å². The van der Waals surface area contributed by atoms with Gasteiger partial charge >= 0.3 is 0 Å². The third kappa shape index (κ3) is 4.43. The number of hydrogen-bond donors (Lipinski definition) is 1. The molecule has 0 amide bonds. The van der Waals surface area contributed by atoms with E-state index in [0.29, 0.717) is 5.89 Å². The summed E-state index contributed by atoms with van der Waals surface area (Å²) in [4.78, 5) is 4.10. The molecule has 0 aliphatic rings. The van der Waals surface area contributed by atoms with Crippen molar-refractivity contribution in [3.63, 3.8) is 0 Å². The first-order valence-electron chi connectivity index (χ1n) is 5.57. The first-order valence-corrected chi connectivity index (χ1v) is 7.63.